The fourth-order valence-corrected chi connectivity index (χ4v) is 2.93. The van der Waals surface area contributed by atoms with Crippen molar-refractivity contribution in [2.45, 2.75) is 25.1 Å². The summed E-state index contributed by atoms with van der Waals surface area (Å²) in [5, 5.41) is 0. The standard InChI is InChI=1S/C12H14BrNO/c13-12-4-2-1-3-9(12)6-14-7-11-5-10(14)8-15-11/h1-4,10-11H,5-8H2. The van der Waals surface area contributed by atoms with E-state index in [0.717, 1.165) is 19.7 Å². The van der Waals surface area contributed by atoms with Gasteiger partial charge in [0.2, 0.25) is 0 Å². The molecule has 2 fully saturated rings. The third kappa shape index (κ3) is 1.84. The fourth-order valence-electron chi connectivity index (χ4n) is 2.52. The smallest absolute Gasteiger partial charge is 0.0718 e. The first-order valence-electron chi connectivity index (χ1n) is 5.42. The Kier molecular flexibility index (Phi) is 2.54. The first kappa shape index (κ1) is 9.82. The molecule has 0 spiro atoms. The number of halogens is 1. The number of hydrogen-bond donors (Lipinski definition) is 0. The van der Waals surface area contributed by atoms with Crippen molar-refractivity contribution in [3.05, 3.63) is 34.3 Å². The number of hydrogen-bond acceptors (Lipinski definition) is 2. The van der Waals surface area contributed by atoms with Crippen LogP contribution < -0.4 is 0 Å². The molecule has 2 unspecified atom stereocenters. The van der Waals surface area contributed by atoms with Gasteiger partial charge in [-0.25, -0.2) is 0 Å². The number of rotatable bonds is 2. The highest BCUT2D eigenvalue weighted by atomic mass is 79.9. The van der Waals surface area contributed by atoms with Crippen LogP contribution in [0, 0.1) is 0 Å². The van der Waals surface area contributed by atoms with Crippen LogP contribution in [0.15, 0.2) is 28.7 Å². The van der Waals surface area contributed by atoms with Crippen LogP contribution in [0.4, 0.5) is 0 Å². The molecule has 0 radical (unpaired) electrons. The number of fused-ring (bicyclic) bond motifs is 2. The molecule has 3 heteroatoms. The van der Waals surface area contributed by atoms with Crippen LogP contribution in [0.5, 0.6) is 0 Å². The molecule has 1 aromatic carbocycles. The van der Waals surface area contributed by atoms with Crippen LogP contribution in [0.3, 0.4) is 0 Å². The molecule has 2 bridgehead atoms. The van der Waals surface area contributed by atoms with E-state index in [4.69, 9.17) is 4.74 Å². The van der Waals surface area contributed by atoms with Crippen molar-refractivity contribution in [1.82, 2.24) is 4.90 Å². The normalized spacial score (nSPS) is 29.9. The van der Waals surface area contributed by atoms with Crippen LogP contribution in [0.2, 0.25) is 0 Å². The van der Waals surface area contributed by atoms with Crippen LogP contribution in [0.1, 0.15) is 12.0 Å². The molecule has 0 amide bonds. The Balaban J connectivity index is 1.73. The molecule has 15 heavy (non-hydrogen) atoms. The van der Waals surface area contributed by atoms with Crippen molar-refractivity contribution in [2.75, 3.05) is 13.2 Å². The van der Waals surface area contributed by atoms with Crippen LogP contribution in [-0.2, 0) is 11.3 Å². The van der Waals surface area contributed by atoms with Crippen molar-refractivity contribution in [3.63, 3.8) is 0 Å². The zero-order valence-electron chi connectivity index (χ0n) is 8.53. The first-order valence-corrected chi connectivity index (χ1v) is 6.21. The molecule has 2 heterocycles. The van der Waals surface area contributed by atoms with Crippen LogP contribution in [-0.4, -0.2) is 30.2 Å². The number of likely N-dealkylation sites (tertiary alicyclic amines) is 1. The maximum absolute atomic E-state index is 5.60. The number of morpholine rings is 1. The highest BCUT2D eigenvalue weighted by molar-refractivity contribution is 9.10. The minimum absolute atomic E-state index is 0.498. The Hall–Kier alpha value is -0.380. The predicted molar refractivity (Wildman–Crippen MR) is 62.7 cm³/mol. The van der Waals surface area contributed by atoms with E-state index < -0.39 is 0 Å². The van der Waals surface area contributed by atoms with Crippen molar-refractivity contribution in [2.24, 2.45) is 0 Å². The third-order valence-corrected chi connectivity index (χ3v) is 4.12. The highest BCUT2D eigenvalue weighted by Gasteiger charge is 2.38. The van der Waals surface area contributed by atoms with Crippen molar-refractivity contribution < 1.29 is 4.74 Å². The van der Waals surface area contributed by atoms with Gasteiger partial charge in [0.15, 0.2) is 0 Å². The summed E-state index contributed by atoms with van der Waals surface area (Å²) in [7, 11) is 0. The summed E-state index contributed by atoms with van der Waals surface area (Å²) in [5.74, 6) is 0. The van der Waals surface area contributed by atoms with E-state index in [1.165, 1.54) is 16.5 Å². The predicted octanol–water partition coefficient (Wildman–Crippen LogP) is 2.42. The average Bonchev–Trinajstić information content (AvgIpc) is 2.83. The van der Waals surface area contributed by atoms with Gasteiger partial charge in [-0.15, -0.1) is 0 Å². The monoisotopic (exact) mass is 267 g/mol. The molecule has 2 aliphatic heterocycles. The SMILES string of the molecule is Brc1ccccc1CN1CC2CC1CO2. The highest BCUT2D eigenvalue weighted by Crippen LogP contribution is 2.30. The van der Waals surface area contributed by atoms with E-state index >= 15 is 0 Å². The molecule has 2 saturated heterocycles. The molecule has 2 aliphatic rings. The second-order valence-electron chi connectivity index (χ2n) is 4.37. The first-order chi connectivity index (χ1) is 7.33. The Labute approximate surface area is 98.4 Å². The summed E-state index contributed by atoms with van der Waals surface area (Å²) in [6.07, 6.45) is 1.72. The van der Waals surface area contributed by atoms with Gasteiger partial charge in [0.25, 0.3) is 0 Å². The van der Waals surface area contributed by atoms with Crippen molar-refractivity contribution in [3.8, 4) is 0 Å². The van der Waals surface area contributed by atoms with E-state index in [1.54, 1.807) is 0 Å². The molecule has 2 nitrogen and oxygen atoms in total. The lowest BCUT2D eigenvalue weighted by atomic mass is 10.2. The molecular formula is C12H14BrNO. The van der Waals surface area contributed by atoms with Gasteiger partial charge in [-0.3, -0.25) is 4.90 Å². The van der Waals surface area contributed by atoms with Gasteiger partial charge >= 0.3 is 0 Å². The van der Waals surface area contributed by atoms with Crippen molar-refractivity contribution in [1.29, 1.82) is 0 Å². The number of ether oxygens (including phenoxy) is 1. The van der Waals surface area contributed by atoms with Gasteiger partial charge in [0.05, 0.1) is 12.7 Å². The maximum Gasteiger partial charge on any atom is 0.0718 e. The third-order valence-electron chi connectivity index (χ3n) is 3.35. The summed E-state index contributed by atoms with van der Waals surface area (Å²) in [6.45, 7) is 3.08. The second-order valence-corrected chi connectivity index (χ2v) is 5.22. The molecule has 2 atom stereocenters. The molecule has 3 rings (SSSR count). The topological polar surface area (TPSA) is 12.5 Å². The van der Waals surface area contributed by atoms with Gasteiger partial charge in [-0.1, -0.05) is 34.1 Å². The minimum atomic E-state index is 0.498. The average molecular weight is 268 g/mol. The molecule has 0 aromatic heterocycles. The Morgan fingerprint density at radius 1 is 1.40 bits per heavy atom. The minimum Gasteiger partial charge on any atom is -0.375 e. The molecule has 0 saturated carbocycles. The van der Waals surface area contributed by atoms with E-state index in [1.807, 2.05) is 0 Å². The van der Waals surface area contributed by atoms with Crippen molar-refractivity contribution >= 4 is 15.9 Å². The summed E-state index contributed by atoms with van der Waals surface area (Å²) in [5.41, 5.74) is 1.38. The quantitative estimate of drug-likeness (QED) is 0.816. The summed E-state index contributed by atoms with van der Waals surface area (Å²) >= 11 is 3.60. The second kappa shape index (κ2) is 3.89. The summed E-state index contributed by atoms with van der Waals surface area (Å²) < 4.78 is 6.81. The lowest BCUT2D eigenvalue weighted by Gasteiger charge is -2.26. The van der Waals surface area contributed by atoms with Gasteiger partial charge in [0, 0.05) is 23.6 Å². The molecule has 80 valence electrons. The lowest BCUT2D eigenvalue weighted by Crippen LogP contribution is -2.36. The van der Waals surface area contributed by atoms with Crippen LogP contribution in [0.25, 0.3) is 0 Å². The van der Waals surface area contributed by atoms with Gasteiger partial charge < -0.3 is 4.74 Å². The molecule has 0 aliphatic carbocycles. The zero-order chi connectivity index (χ0) is 10.3. The molecule has 0 N–H and O–H groups in total. The number of benzene rings is 1. The number of nitrogens with zero attached hydrogens (tertiary/aromatic N) is 1. The Morgan fingerprint density at radius 3 is 2.93 bits per heavy atom. The van der Waals surface area contributed by atoms with E-state index in [0.29, 0.717) is 12.1 Å². The van der Waals surface area contributed by atoms with Gasteiger partial charge in [-0.2, -0.15) is 0 Å². The van der Waals surface area contributed by atoms with Gasteiger partial charge in [-0.05, 0) is 18.1 Å². The lowest BCUT2D eigenvalue weighted by molar-refractivity contribution is 0.0272. The largest absolute Gasteiger partial charge is 0.375 e. The Bertz CT molecular complexity index is 368. The van der Waals surface area contributed by atoms with Crippen LogP contribution >= 0.6 is 15.9 Å². The van der Waals surface area contributed by atoms with E-state index in [9.17, 15) is 0 Å². The fraction of sp³-hybridized carbons (Fsp3) is 0.500. The van der Waals surface area contributed by atoms with Gasteiger partial charge in [0.1, 0.15) is 0 Å². The molecule has 1 aromatic rings. The summed E-state index contributed by atoms with van der Waals surface area (Å²) in [4.78, 5) is 2.54. The zero-order valence-corrected chi connectivity index (χ0v) is 10.1. The Morgan fingerprint density at radius 2 is 2.27 bits per heavy atom. The maximum atomic E-state index is 5.60. The van der Waals surface area contributed by atoms with E-state index in [2.05, 4.69) is 45.1 Å². The molecular weight excluding hydrogens is 254 g/mol. The summed E-state index contributed by atoms with van der Waals surface area (Å²) in [6, 6.07) is 9.12. The van der Waals surface area contributed by atoms with E-state index in [-0.39, 0.29) is 0 Å².